The number of rotatable bonds is 5. The molecule has 0 rings (SSSR count). The lowest BCUT2D eigenvalue weighted by Crippen LogP contribution is -2.29. The minimum atomic E-state index is -0.740. The predicted octanol–water partition coefficient (Wildman–Crippen LogP) is 0.962. The monoisotopic (exact) mass is 200 g/mol. The van der Waals surface area contributed by atoms with Crippen LogP contribution >= 0.6 is 0 Å². The topological polar surface area (TPSA) is 59.9 Å². The van der Waals surface area contributed by atoms with E-state index in [-0.39, 0.29) is 0 Å². The van der Waals surface area contributed by atoms with Crippen molar-refractivity contribution in [3.8, 4) is 0 Å². The van der Waals surface area contributed by atoms with Gasteiger partial charge in [0.15, 0.2) is 0 Å². The molecule has 1 N–H and O–H groups in total. The quantitative estimate of drug-likeness (QED) is 0.408. The molecule has 0 aliphatic rings. The third-order valence-electron chi connectivity index (χ3n) is 1.29. The average Bonchev–Trinajstić information content (AvgIpc) is 2.18. The molecule has 0 spiro atoms. The third-order valence-corrected chi connectivity index (χ3v) is 1.29. The van der Waals surface area contributed by atoms with Gasteiger partial charge in [-0.25, -0.2) is 4.79 Å². The van der Waals surface area contributed by atoms with Crippen LogP contribution in [0.3, 0.4) is 0 Å². The Balaban J connectivity index is 3.95. The van der Waals surface area contributed by atoms with Crippen LogP contribution in [-0.2, 0) is 9.47 Å². The van der Waals surface area contributed by atoms with Crippen molar-refractivity contribution in [2.24, 2.45) is 4.99 Å². The first kappa shape index (κ1) is 12.6. The highest BCUT2D eigenvalue weighted by molar-refractivity contribution is 5.71. The van der Waals surface area contributed by atoms with Crippen LogP contribution in [0.5, 0.6) is 0 Å². The first-order valence-electron chi connectivity index (χ1n) is 4.28. The van der Waals surface area contributed by atoms with Crippen LogP contribution in [0.25, 0.3) is 0 Å². The first-order chi connectivity index (χ1) is 6.74. The molecule has 0 bridgehead atoms. The van der Waals surface area contributed by atoms with Gasteiger partial charge in [-0.1, -0.05) is 12.2 Å². The SMILES string of the molecule is C/C=C\COC(C=NC)OC(=O)NC. The lowest BCUT2D eigenvalue weighted by atomic mass is 10.5. The molecule has 0 heterocycles. The summed E-state index contributed by atoms with van der Waals surface area (Å²) >= 11 is 0. The van der Waals surface area contributed by atoms with Crippen LogP contribution in [0.1, 0.15) is 6.92 Å². The second kappa shape index (κ2) is 8.25. The van der Waals surface area contributed by atoms with Gasteiger partial charge in [0.05, 0.1) is 12.8 Å². The first-order valence-corrected chi connectivity index (χ1v) is 4.28. The molecule has 0 aliphatic carbocycles. The summed E-state index contributed by atoms with van der Waals surface area (Å²) in [5.41, 5.74) is 0. The van der Waals surface area contributed by atoms with Crippen molar-refractivity contribution in [3.05, 3.63) is 12.2 Å². The molecule has 0 saturated carbocycles. The van der Waals surface area contributed by atoms with E-state index in [9.17, 15) is 4.79 Å². The van der Waals surface area contributed by atoms with Gasteiger partial charge < -0.3 is 14.8 Å². The van der Waals surface area contributed by atoms with Crippen LogP contribution in [0.4, 0.5) is 4.79 Å². The number of alkyl carbamates (subject to hydrolysis) is 1. The minimum Gasteiger partial charge on any atom is -0.414 e. The van der Waals surface area contributed by atoms with Crippen molar-refractivity contribution in [3.63, 3.8) is 0 Å². The summed E-state index contributed by atoms with van der Waals surface area (Å²) in [7, 11) is 3.06. The summed E-state index contributed by atoms with van der Waals surface area (Å²) in [6.45, 7) is 2.26. The molecule has 0 saturated heterocycles. The number of amides is 1. The summed E-state index contributed by atoms with van der Waals surface area (Å²) in [6.07, 6.45) is 3.79. The van der Waals surface area contributed by atoms with Gasteiger partial charge in [0.2, 0.25) is 6.29 Å². The number of allylic oxidation sites excluding steroid dienone is 1. The summed E-state index contributed by atoms with van der Waals surface area (Å²) in [6, 6.07) is 0. The number of aliphatic imine (C=N–C) groups is 1. The molecule has 1 atom stereocenters. The van der Waals surface area contributed by atoms with Gasteiger partial charge in [0.25, 0.3) is 0 Å². The predicted molar refractivity (Wildman–Crippen MR) is 54.5 cm³/mol. The second-order valence-electron chi connectivity index (χ2n) is 2.33. The molecule has 0 aromatic rings. The maximum Gasteiger partial charge on any atom is 0.409 e. The zero-order chi connectivity index (χ0) is 10.8. The average molecular weight is 200 g/mol. The van der Waals surface area contributed by atoms with Crippen LogP contribution in [-0.4, -0.2) is 39.3 Å². The maximum atomic E-state index is 10.8. The second-order valence-corrected chi connectivity index (χ2v) is 2.33. The summed E-state index contributed by atoms with van der Waals surface area (Å²) in [5.74, 6) is 0. The molecule has 0 aromatic carbocycles. The minimum absolute atomic E-state index is 0.379. The van der Waals surface area contributed by atoms with Gasteiger partial charge in [0.1, 0.15) is 0 Å². The molecule has 0 fully saturated rings. The van der Waals surface area contributed by atoms with E-state index in [0.717, 1.165) is 0 Å². The molecule has 5 heteroatoms. The van der Waals surface area contributed by atoms with Crippen LogP contribution in [0.2, 0.25) is 0 Å². The number of nitrogens with one attached hydrogen (secondary N) is 1. The van der Waals surface area contributed by atoms with Crippen LogP contribution in [0.15, 0.2) is 17.1 Å². The van der Waals surface area contributed by atoms with Gasteiger partial charge in [-0.3, -0.25) is 4.99 Å². The Bertz CT molecular complexity index is 214. The fourth-order valence-electron chi connectivity index (χ4n) is 0.640. The molecule has 80 valence electrons. The van der Waals surface area contributed by atoms with E-state index in [4.69, 9.17) is 9.47 Å². The van der Waals surface area contributed by atoms with Crippen molar-refractivity contribution in [1.82, 2.24) is 5.32 Å². The number of carbonyl (C=O) groups is 1. The fraction of sp³-hybridized carbons (Fsp3) is 0.556. The van der Waals surface area contributed by atoms with Gasteiger partial charge in [0, 0.05) is 14.1 Å². The number of nitrogens with zero attached hydrogens (tertiary/aromatic N) is 1. The Morgan fingerprint density at radius 3 is 2.86 bits per heavy atom. The Morgan fingerprint density at radius 1 is 1.64 bits per heavy atom. The molecule has 1 amide bonds. The lowest BCUT2D eigenvalue weighted by Gasteiger charge is -2.12. The normalized spacial score (nSPS) is 13.4. The van der Waals surface area contributed by atoms with Gasteiger partial charge in [-0.05, 0) is 6.92 Å². The number of hydrogen-bond acceptors (Lipinski definition) is 4. The van der Waals surface area contributed by atoms with E-state index in [2.05, 4.69) is 10.3 Å². The van der Waals surface area contributed by atoms with Crippen LogP contribution in [0, 0.1) is 0 Å². The highest BCUT2D eigenvalue weighted by Crippen LogP contribution is 1.93. The Kier molecular flexibility index (Phi) is 7.45. The largest absolute Gasteiger partial charge is 0.414 e. The van der Waals surface area contributed by atoms with Gasteiger partial charge in [-0.2, -0.15) is 0 Å². The molecule has 0 aromatic heterocycles. The van der Waals surface area contributed by atoms with Crippen molar-refractivity contribution in [2.45, 2.75) is 13.2 Å². The number of hydrogen-bond donors (Lipinski definition) is 1. The molecule has 14 heavy (non-hydrogen) atoms. The molecule has 5 nitrogen and oxygen atoms in total. The third kappa shape index (κ3) is 6.19. The number of ether oxygens (including phenoxy) is 2. The van der Waals surface area contributed by atoms with Gasteiger partial charge in [-0.15, -0.1) is 0 Å². The zero-order valence-electron chi connectivity index (χ0n) is 8.69. The van der Waals surface area contributed by atoms with Crippen LogP contribution < -0.4 is 5.32 Å². The summed E-state index contributed by atoms with van der Waals surface area (Å²) < 4.78 is 10.0. The molecule has 0 radical (unpaired) electrons. The molecule has 1 unspecified atom stereocenters. The van der Waals surface area contributed by atoms with E-state index >= 15 is 0 Å². The van der Waals surface area contributed by atoms with E-state index in [1.165, 1.54) is 13.3 Å². The van der Waals surface area contributed by atoms with Gasteiger partial charge >= 0.3 is 6.09 Å². The lowest BCUT2D eigenvalue weighted by molar-refractivity contribution is -0.0441. The summed E-state index contributed by atoms with van der Waals surface area (Å²) in [4.78, 5) is 14.6. The van der Waals surface area contributed by atoms with Crippen molar-refractivity contribution < 1.29 is 14.3 Å². The molecular weight excluding hydrogens is 184 g/mol. The fourth-order valence-corrected chi connectivity index (χ4v) is 0.640. The smallest absolute Gasteiger partial charge is 0.409 e. The van der Waals surface area contributed by atoms with E-state index in [0.29, 0.717) is 6.61 Å². The number of carbonyl (C=O) groups excluding carboxylic acids is 1. The van der Waals surface area contributed by atoms with E-state index in [1.54, 1.807) is 7.05 Å². The summed E-state index contributed by atoms with van der Waals surface area (Å²) in [5, 5.41) is 2.32. The van der Waals surface area contributed by atoms with Crippen molar-refractivity contribution in [2.75, 3.05) is 20.7 Å². The highest BCUT2D eigenvalue weighted by Gasteiger charge is 2.09. The van der Waals surface area contributed by atoms with Crippen molar-refractivity contribution in [1.29, 1.82) is 0 Å². The Hall–Kier alpha value is -1.36. The molecule has 0 aliphatic heterocycles. The van der Waals surface area contributed by atoms with Crippen molar-refractivity contribution >= 4 is 12.3 Å². The maximum absolute atomic E-state index is 10.8. The van der Waals surface area contributed by atoms with E-state index in [1.807, 2.05) is 19.1 Å². The Morgan fingerprint density at radius 2 is 2.36 bits per heavy atom. The molecular formula is C9H16N2O3. The Labute approximate surface area is 83.8 Å². The standard InChI is InChI=1S/C9H16N2O3/c1-4-5-6-13-8(7-10-2)14-9(12)11-3/h4-5,7-8H,6H2,1-3H3,(H,11,12)/b5-4-,10-7?. The van der Waals surface area contributed by atoms with E-state index < -0.39 is 12.4 Å². The zero-order valence-corrected chi connectivity index (χ0v) is 8.69. The highest BCUT2D eigenvalue weighted by atomic mass is 16.7.